The maximum atomic E-state index is 13.3. The Hall–Kier alpha value is -2.95. The lowest BCUT2D eigenvalue weighted by Gasteiger charge is -2.19. The second kappa shape index (κ2) is 6.65. The molecule has 5 heteroatoms. The molecule has 0 spiro atoms. The average molecular weight is 366 g/mol. The number of benzene rings is 2. The molecule has 27 heavy (non-hydrogen) atoms. The van der Waals surface area contributed by atoms with E-state index < -0.39 is 0 Å². The van der Waals surface area contributed by atoms with Crippen LogP contribution in [-0.2, 0) is 0 Å². The van der Waals surface area contributed by atoms with Crippen LogP contribution in [0, 0.1) is 6.92 Å². The summed E-state index contributed by atoms with van der Waals surface area (Å²) in [6, 6.07) is 9.22. The first-order chi connectivity index (χ1) is 13.0. The molecule has 0 N–H and O–H groups in total. The van der Waals surface area contributed by atoms with Gasteiger partial charge in [-0.05, 0) is 42.2 Å². The summed E-state index contributed by atoms with van der Waals surface area (Å²) in [5.41, 5.74) is 2.75. The van der Waals surface area contributed by atoms with Crippen LogP contribution in [0.4, 0.5) is 0 Å². The van der Waals surface area contributed by atoms with E-state index in [2.05, 4.69) is 13.8 Å². The van der Waals surface area contributed by atoms with Crippen molar-refractivity contribution in [1.82, 2.24) is 0 Å². The number of ether oxygens (including phenoxy) is 3. The van der Waals surface area contributed by atoms with Crippen LogP contribution in [0.1, 0.15) is 31.1 Å². The standard InChI is InChI=1S/C22H22O5/c1-12(2)15-10-16-19(11-18(15)24-4)27-13(3)21(22(16)23)14-5-6-17-20(9-14)26-8-7-25-17/h5-6,9-12H,7-8H2,1-4H3. The first-order valence-corrected chi connectivity index (χ1v) is 9.05. The highest BCUT2D eigenvalue weighted by atomic mass is 16.6. The SMILES string of the molecule is COc1cc2oc(C)c(-c3ccc4c(c3)OCCO4)c(=O)c2cc1C(C)C. The Morgan fingerprint density at radius 3 is 2.48 bits per heavy atom. The van der Waals surface area contributed by atoms with Gasteiger partial charge in [-0.2, -0.15) is 0 Å². The van der Waals surface area contributed by atoms with E-state index in [1.54, 1.807) is 20.1 Å². The Morgan fingerprint density at radius 1 is 1.04 bits per heavy atom. The second-order valence-electron chi connectivity index (χ2n) is 6.97. The minimum atomic E-state index is -0.0602. The van der Waals surface area contributed by atoms with Gasteiger partial charge in [0.2, 0.25) is 5.43 Å². The third kappa shape index (κ3) is 2.93. The first-order valence-electron chi connectivity index (χ1n) is 9.05. The molecule has 140 valence electrons. The smallest absolute Gasteiger partial charge is 0.200 e. The molecule has 2 heterocycles. The molecule has 0 saturated carbocycles. The van der Waals surface area contributed by atoms with Crippen molar-refractivity contribution in [3.63, 3.8) is 0 Å². The molecule has 0 aliphatic carbocycles. The predicted octanol–water partition coefficient (Wildman–Crippen LogP) is 4.67. The minimum Gasteiger partial charge on any atom is -0.496 e. The van der Waals surface area contributed by atoms with Gasteiger partial charge in [0.15, 0.2) is 11.5 Å². The van der Waals surface area contributed by atoms with Crippen molar-refractivity contribution in [2.45, 2.75) is 26.7 Å². The van der Waals surface area contributed by atoms with Crippen LogP contribution in [0.3, 0.4) is 0 Å². The summed E-state index contributed by atoms with van der Waals surface area (Å²) < 4.78 is 22.7. The van der Waals surface area contributed by atoms with Gasteiger partial charge in [0.05, 0.1) is 18.1 Å². The lowest BCUT2D eigenvalue weighted by Crippen LogP contribution is -2.15. The Bertz CT molecular complexity index is 1080. The monoisotopic (exact) mass is 366 g/mol. The summed E-state index contributed by atoms with van der Waals surface area (Å²) in [5.74, 6) is 2.85. The second-order valence-corrected chi connectivity index (χ2v) is 6.97. The number of hydrogen-bond acceptors (Lipinski definition) is 5. The lowest BCUT2D eigenvalue weighted by molar-refractivity contribution is 0.171. The molecule has 1 aliphatic heterocycles. The molecule has 1 aliphatic rings. The van der Waals surface area contributed by atoms with Crippen LogP contribution in [0.25, 0.3) is 22.1 Å². The normalized spacial score (nSPS) is 13.2. The lowest BCUT2D eigenvalue weighted by atomic mass is 9.97. The van der Waals surface area contributed by atoms with Crippen LogP contribution in [0.15, 0.2) is 39.5 Å². The van der Waals surface area contributed by atoms with Gasteiger partial charge in [0, 0.05) is 6.07 Å². The highest BCUT2D eigenvalue weighted by molar-refractivity contribution is 5.85. The fourth-order valence-electron chi connectivity index (χ4n) is 3.51. The summed E-state index contributed by atoms with van der Waals surface area (Å²) in [6.07, 6.45) is 0. The highest BCUT2D eigenvalue weighted by Crippen LogP contribution is 2.36. The van der Waals surface area contributed by atoms with E-state index in [0.29, 0.717) is 47.0 Å². The van der Waals surface area contributed by atoms with Crippen LogP contribution >= 0.6 is 0 Å². The quantitative estimate of drug-likeness (QED) is 0.674. The Morgan fingerprint density at radius 2 is 1.78 bits per heavy atom. The van der Waals surface area contributed by atoms with Gasteiger partial charge in [0.1, 0.15) is 30.3 Å². The van der Waals surface area contributed by atoms with E-state index >= 15 is 0 Å². The largest absolute Gasteiger partial charge is 0.496 e. The van der Waals surface area contributed by atoms with Crippen molar-refractivity contribution < 1.29 is 18.6 Å². The zero-order valence-corrected chi connectivity index (χ0v) is 15.9. The third-order valence-corrected chi connectivity index (χ3v) is 4.87. The van der Waals surface area contributed by atoms with Crippen molar-refractivity contribution in [2.24, 2.45) is 0 Å². The van der Waals surface area contributed by atoms with Gasteiger partial charge < -0.3 is 18.6 Å². The van der Waals surface area contributed by atoms with Gasteiger partial charge in [0.25, 0.3) is 0 Å². The molecule has 5 nitrogen and oxygen atoms in total. The summed E-state index contributed by atoms with van der Waals surface area (Å²) in [7, 11) is 1.63. The molecular weight excluding hydrogens is 344 g/mol. The molecule has 0 unspecified atom stereocenters. The number of hydrogen-bond donors (Lipinski definition) is 0. The number of fused-ring (bicyclic) bond motifs is 2. The Balaban J connectivity index is 1.95. The van der Waals surface area contributed by atoms with Crippen molar-refractivity contribution >= 4 is 11.0 Å². The number of methoxy groups -OCH3 is 1. The number of aryl methyl sites for hydroxylation is 1. The van der Waals surface area contributed by atoms with Crippen molar-refractivity contribution in [1.29, 1.82) is 0 Å². The van der Waals surface area contributed by atoms with E-state index in [1.165, 1.54) is 0 Å². The minimum absolute atomic E-state index is 0.0602. The van der Waals surface area contributed by atoms with Crippen LogP contribution in [-0.4, -0.2) is 20.3 Å². The molecule has 0 bridgehead atoms. The molecule has 0 radical (unpaired) electrons. The Kier molecular flexibility index (Phi) is 4.30. The molecular formula is C22H22O5. The summed E-state index contributed by atoms with van der Waals surface area (Å²) in [4.78, 5) is 13.3. The summed E-state index contributed by atoms with van der Waals surface area (Å²) >= 11 is 0. The molecule has 1 aromatic heterocycles. The average Bonchev–Trinajstić information content (AvgIpc) is 2.66. The van der Waals surface area contributed by atoms with E-state index in [-0.39, 0.29) is 11.3 Å². The van der Waals surface area contributed by atoms with Crippen LogP contribution < -0.4 is 19.6 Å². The topological polar surface area (TPSA) is 57.9 Å². The maximum Gasteiger partial charge on any atom is 0.200 e. The van der Waals surface area contributed by atoms with Crippen molar-refractivity contribution in [2.75, 3.05) is 20.3 Å². The van der Waals surface area contributed by atoms with Gasteiger partial charge in [-0.1, -0.05) is 19.9 Å². The molecule has 0 atom stereocenters. The Labute approximate surface area is 157 Å². The van der Waals surface area contributed by atoms with E-state index in [1.807, 2.05) is 24.3 Å². The summed E-state index contributed by atoms with van der Waals surface area (Å²) in [6.45, 7) is 6.97. The van der Waals surface area contributed by atoms with Gasteiger partial charge in [-0.25, -0.2) is 0 Å². The zero-order chi connectivity index (χ0) is 19.1. The van der Waals surface area contributed by atoms with Gasteiger partial charge in [-0.15, -0.1) is 0 Å². The third-order valence-electron chi connectivity index (χ3n) is 4.87. The summed E-state index contributed by atoms with van der Waals surface area (Å²) in [5, 5.41) is 0.551. The van der Waals surface area contributed by atoms with Crippen molar-refractivity contribution in [3.8, 4) is 28.4 Å². The van der Waals surface area contributed by atoms with Crippen LogP contribution in [0.5, 0.6) is 17.2 Å². The van der Waals surface area contributed by atoms with Gasteiger partial charge >= 0.3 is 0 Å². The van der Waals surface area contributed by atoms with Gasteiger partial charge in [-0.3, -0.25) is 4.79 Å². The highest BCUT2D eigenvalue weighted by Gasteiger charge is 2.19. The fourth-order valence-corrected chi connectivity index (χ4v) is 3.51. The van der Waals surface area contributed by atoms with E-state index in [9.17, 15) is 4.79 Å². The zero-order valence-electron chi connectivity index (χ0n) is 15.9. The van der Waals surface area contributed by atoms with Crippen molar-refractivity contribution in [3.05, 3.63) is 51.9 Å². The predicted molar refractivity (Wildman–Crippen MR) is 104 cm³/mol. The molecule has 2 aromatic carbocycles. The fraction of sp³-hybridized carbons (Fsp3) is 0.318. The number of rotatable bonds is 3. The molecule has 4 rings (SSSR count). The molecule has 0 amide bonds. The maximum absolute atomic E-state index is 13.3. The molecule has 0 fully saturated rings. The van der Waals surface area contributed by atoms with E-state index in [0.717, 1.165) is 16.9 Å². The molecule has 0 saturated heterocycles. The molecule has 3 aromatic rings. The van der Waals surface area contributed by atoms with Crippen LogP contribution in [0.2, 0.25) is 0 Å². The van der Waals surface area contributed by atoms with E-state index in [4.69, 9.17) is 18.6 Å². The first kappa shape index (κ1) is 17.5.